The Morgan fingerprint density at radius 1 is 1.07 bits per heavy atom. The lowest BCUT2D eigenvalue weighted by Crippen LogP contribution is -2.29. The van der Waals surface area contributed by atoms with E-state index < -0.39 is 0 Å². The molecule has 0 bridgehead atoms. The second-order valence-corrected chi connectivity index (χ2v) is 8.33. The first-order valence-electron chi connectivity index (χ1n) is 12.1. The van der Waals surface area contributed by atoms with Crippen LogP contribution in [0.3, 0.4) is 0 Å². The summed E-state index contributed by atoms with van der Waals surface area (Å²) in [4.78, 5) is 2.44. The molecule has 0 aliphatic rings. The summed E-state index contributed by atoms with van der Waals surface area (Å²) in [5.74, 6) is 0. The molecule has 1 aromatic rings. The summed E-state index contributed by atoms with van der Waals surface area (Å²) in [5, 5.41) is 3.13. The monoisotopic (exact) mass is 410 g/mol. The Bertz CT molecular complexity index is 617. The summed E-state index contributed by atoms with van der Waals surface area (Å²) in [5.41, 5.74) is 4.07. The van der Waals surface area contributed by atoms with Crippen molar-refractivity contribution in [1.29, 1.82) is 0 Å². The maximum absolute atomic E-state index is 4.09. The number of unbranched alkanes of at least 4 members (excludes halogenated alkanes) is 3. The molecule has 0 saturated carbocycles. The van der Waals surface area contributed by atoms with Gasteiger partial charge in [-0.25, -0.2) is 0 Å². The molecule has 0 radical (unpaired) electrons. The van der Waals surface area contributed by atoms with Gasteiger partial charge in [0.2, 0.25) is 0 Å². The predicted molar refractivity (Wildman–Crippen MR) is 135 cm³/mol. The average molecular weight is 411 g/mol. The molecule has 0 aromatic heterocycles. The largest absolute Gasteiger partial charge is 0.392 e. The van der Waals surface area contributed by atoms with Crippen LogP contribution in [0.1, 0.15) is 82.8 Å². The molecule has 0 amide bonds. The molecule has 2 heteroatoms. The number of nitrogens with one attached hydrogen (secondary N) is 1. The van der Waals surface area contributed by atoms with Crippen molar-refractivity contribution in [3.8, 4) is 0 Å². The fourth-order valence-corrected chi connectivity index (χ4v) is 3.90. The maximum atomic E-state index is 4.09. The van der Waals surface area contributed by atoms with Gasteiger partial charge < -0.3 is 10.2 Å². The summed E-state index contributed by atoms with van der Waals surface area (Å²) in [7, 11) is 1.95. The summed E-state index contributed by atoms with van der Waals surface area (Å²) in [6.45, 7) is 13.7. The third-order valence-electron chi connectivity index (χ3n) is 5.73. The SMILES string of the molecule is C=CN(CCCCCCC(=C)NC)C(/C=C/CCc1cccc(CCC)c1)CCC. The van der Waals surface area contributed by atoms with E-state index in [4.69, 9.17) is 0 Å². The minimum atomic E-state index is 0.475. The van der Waals surface area contributed by atoms with Gasteiger partial charge in [-0.05, 0) is 62.3 Å². The van der Waals surface area contributed by atoms with Crippen molar-refractivity contribution in [3.63, 3.8) is 0 Å². The average Bonchev–Trinajstić information content (AvgIpc) is 2.76. The van der Waals surface area contributed by atoms with Crippen molar-refractivity contribution in [2.24, 2.45) is 0 Å². The molecule has 1 N–H and O–H groups in total. The zero-order valence-electron chi connectivity index (χ0n) is 20.0. The molecule has 0 spiro atoms. The number of aryl methyl sites for hydroxylation is 2. The van der Waals surface area contributed by atoms with Gasteiger partial charge in [0, 0.05) is 25.3 Å². The first kappa shape index (κ1) is 26.1. The van der Waals surface area contributed by atoms with Crippen LogP contribution in [0.4, 0.5) is 0 Å². The van der Waals surface area contributed by atoms with Gasteiger partial charge in [0.25, 0.3) is 0 Å². The normalized spacial score (nSPS) is 12.1. The van der Waals surface area contributed by atoms with Gasteiger partial charge in [-0.2, -0.15) is 0 Å². The van der Waals surface area contributed by atoms with E-state index in [1.807, 2.05) is 13.2 Å². The molecule has 0 aliphatic heterocycles. The van der Waals surface area contributed by atoms with Gasteiger partial charge in [-0.3, -0.25) is 0 Å². The Hall–Kier alpha value is -1.96. The highest BCUT2D eigenvalue weighted by Gasteiger charge is 2.10. The lowest BCUT2D eigenvalue weighted by atomic mass is 10.0. The van der Waals surface area contributed by atoms with E-state index in [2.05, 4.69) is 73.6 Å². The molecule has 168 valence electrons. The van der Waals surface area contributed by atoms with Crippen LogP contribution in [0.2, 0.25) is 0 Å². The fourth-order valence-electron chi connectivity index (χ4n) is 3.90. The number of rotatable bonds is 18. The van der Waals surface area contributed by atoms with Crippen LogP contribution >= 0.6 is 0 Å². The molecular formula is C28H46N2. The van der Waals surface area contributed by atoms with Gasteiger partial charge in [0.15, 0.2) is 0 Å². The topological polar surface area (TPSA) is 15.3 Å². The molecule has 0 aliphatic carbocycles. The van der Waals surface area contributed by atoms with Gasteiger partial charge in [0.05, 0.1) is 0 Å². The molecule has 1 aromatic carbocycles. The highest BCUT2D eigenvalue weighted by Crippen LogP contribution is 2.14. The Balaban J connectivity index is 2.42. The third-order valence-corrected chi connectivity index (χ3v) is 5.73. The standard InChI is InChI=1S/C28H46N2/c1-6-16-26-20-15-21-27(24-26)19-12-13-22-28(17-7-2)30(8-3)23-14-10-9-11-18-25(4)29-5/h8,13,15,20-22,24,28-29H,3-4,6-7,9-12,14,16-19,23H2,1-2,5H3/b22-13+. The smallest absolute Gasteiger partial charge is 0.0467 e. The van der Waals surface area contributed by atoms with Crippen molar-refractivity contribution >= 4 is 0 Å². The highest BCUT2D eigenvalue weighted by atomic mass is 15.1. The van der Waals surface area contributed by atoms with Crippen LogP contribution in [0.5, 0.6) is 0 Å². The molecule has 0 heterocycles. The predicted octanol–water partition coefficient (Wildman–Crippen LogP) is 7.43. The van der Waals surface area contributed by atoms with Crippen LogP contribution < -0.4 is 5.32 Å². The van der Waals surface area contributed by atoms with Crippen molar-refractivity contribution in [3.05, 3.63) is 72.6 Å². The van der Waals surface area contributed by atoms with E-state index in [-0.39, 0.29) is 0 Å². The Labute approximate surface area is 187 Å². The first-order chi connectivity index (χ1) is 14.6. The summed E-state index contributed by atoms with van der Waals surface area (Å²) < 4.78 is 0. The van der Waals surface area contributed by atoms with Crippen LogP contribution in [-0.2, 0) is 12.8 Å². The van der Waals surface area contributed by atoms with E-state index in [0.717, 1.165) is 31.5 Å². The number of hydrogen-bond donors (Lipinski definition) is 1. The zero-order valence-corrected chi connectivity index (χ0v) is 20.0. The van der Waals surface area contributed by atoms with Crippen molar-refractivity contribution in [2.75, 3.05) is 13.6 Å². The molecule has 1 unspecified atom stereocenters. The summed E-state index contributed by atoms with van der Waals surface area (Å²) in [6, 6.07) is 9.57. The van der Waals surface area contributed by atoms with E-state index >= 15 is 0 Å². The third kappa shape index (κ3) is 11.3. The molecule has 1 rings (SSSR count). The van der Waals surface area contributed by atoms with Crippen LogP contribution in [0, 0.1) is 0 Å². The van der Waals surface area contributed by atoms with Crippen molar-refractivity contribution in [1.82, 2.24) is 10.2 Å². The van der Waals surface area contributed by atoms with Crippen molar-refractivity contribution in [2.45, 2.75) is 90.5 Å². The highest BCUT2D eigenvalue weighted by molar-refractivity contribution is 5.24. The Morgan fingerprint density at radius 2 is 1.80 bits per heavy atom. The van der Waals surface area contributed by atoms with Crippen LogP contribution in [0.15, 0.2) is 61.5 Å². The fraction of sp³-hybridized carbons (Fsp3) is 0.571. The van der Waals surface area contributed by atoms with E-state index in [1.165, 1.54) is 62.5 Å². The number of benzene rings is 1. The van der Waals surface area contributed by atoms with E-state index in [1.54, 1.807) is 0 Å². The Kier molecular flexibility index (Phi) is 14.6. The number of hydrogen-bond acceptors (Lipinski definition) is 2. The summed E-state index contributed by atoms with van der Waals surface area (Å²) in [6.07, 6.45) is 20.0. The van der Waals surface area contributed by atoms with Crippen LogP contribution in [0.25, 0.3) is 0 Å². The lowest BCUT2D eigenvalue weighted by molar-refractivity contribution is 0.296. The molecule has 30 heavy (non-hydrogen) atoms. The molecule has 0 saturated heterocycles. The van der Waals surface area contributed by atoms with Gasteiger partial charge >= 0.3 is 0 Å². The second kappa shape index (κ2) is 16.8. The van der Waals surface area contributed by atoms with Gasteiger partial charge in [0.1, 0.15) is 0 Å². The van der Waals surface area contributed by atoms with E-state index in [9.17, 15) is 0 Å². The second-order valence-electron chi connectivity index (χ2n) is 8.33. The minimum Gasteiger partial charge on any atom is -0.392 e. The van der Waals surface area contributed by atoms with Crippen LogP contribution in [-0.4, -0.2) is 24.5 Å². The quantitative estimate of drug-likeness (QED) is 0.200. The van der Waals surface area contributed by atoms with Gasteiger partial charge in [-0.15, -0.1) is 0 Å². The van der Waals surface area contributed by atoms with Gasteiger partial charge in [-0.1, -0.05) is 89.1 Å². The molecule has 1 atom stereocenters. The Morgan fingerprint density at radius 3 is 2.47 bits per heavy atom. The number of allylic oxidation sites excluding steroid dienone is 2. The lowest BCUT2D eigenvalue weighted by Gasteiger charge is -2.28. The zero-order chi connectivity index (χ0) is 22.0. The van der Waals surface area contributed by atoms with Crippen molar-refractivity contribution < 1.29 is 0 Å². The summed E-state index contributed by atoms with van der Waals surface area (Å²) >= 11 is 0. The molecule has 2 nitrogen and oxygen atoms in total. The minimum absolute atomic E-state index is 0.475. The first-order valence-corrected chi connectivity index (χ1v) is 12.1. The van der Waals surface area contributed by atoms with E-state index in [0.29, 0.717) is 6.04 Å². The number of nitrogens with zero attached hydrogens (tertiary/aromatic N) is 1. The maximum Gasteiger partial charge on any atom is 0.0467 e. The molecule has 0 fully saturated rings. The molecular weight excluding hydrogens is 364 g/mol.